The second-order valence-electron chi connectivity index (χ2n) is 7.07. The van der Waals surface area contributed by atoms with Crippen LogP contribution in [0.25, 0.3) is 0 Å². The van der Waals surface area contributed by atoms with E-state index in [4.69, 9.17) is 4.74 Å². The van der Waals surface area contributed by atoms with E-state index in [0.29, 0.717) is 0 Å². The van der Waals surface area contributed by atoms with Gasteiger partial charge in [-0.25, -0.2) is 4.39 Å². The average molecular weight is 341 g/mol. The van der Waals surface area contributed by atoms with Crippen LogP contribution in [0.5, 0.6) is 0 Å². The summed E-state index contributed by atoms with van der Waals surface area (Å²) in [5, 5.41) is 0. The van der Waals surface area contributed by atoms with Crippen LogP contribution in [-0.2, 0) is 11.3 Å². The highest BCUT2D eigenvalue weighted by atomic mass is 19.1. The Kier molecular flexibility index (Phi) is 4.68. The number of aromatic nitrogens is 1. The molecule has 0 radical (unpaired) electrons. The number of rotatable bonds is 3. The minimum atomic E-state index is -0.182. The van der Waals surface area contributed by atoms with Crippen molar-refractivity contribution < 1.29 is 9.13 Å². The number of benzene rings is 1. The summed E-state index contributed by atoms with van der Waals surface area (Å²) in [5.41, 5.74) is 1.87. The molecule has 1 spiro atoms. The molecule has 4 rings (SSSR count). The summed E-state index contributed by atoms with van der Waals surface area (Å²) in [7, 11) is 0. The van der Waals surface area contributed by atoms with Crippen LogP contribution in [0.15, 0.2) is 48.7 Å². The summed E-state index contributed by atoms with van der Waals surface area (Å²) in [6, 6.07) is 12.9. The first-order chi connectivity index (χ1) is 12.2. The van der Waals surface area contributed by atoms with Gasteiger partial charge in [0.2, 0.25) is 0 Å². The van der Waals surface area contributed by atoms with Crippen molar-refractivity contribution in [2.45, 2.75) is 25.0 Å². The molecule has 2 saturated heterocycles. The minimum Gasteiger partial charge on any atom is -0.370 e. The zero-order chi connectivity index (χ0) is 17.1. The third-order valence-corrected chi connectivity index (χ3v) is 5.15. The van der Waals surface area contributed by atoms with E-state index in [1.54, 1.807) is 12.1 Å². The van der Waals surface area contributed by atoms with Crippen molar-refractivity contribution in [3.63, 3.8) is 0 Å². The van der Waals surface area contributed by atoms with Crippen LogP contribution < -0.4 is 4.90 Å². The van der Waals surface area contributed by atoms with Crippen LogP contribution in [0.3, 0.4) is 0 Å². The molecule has 0 amide bonds. The van der Waals surface area contributed by atoms with Crippen LogP contribution in [0, 0.1) is 5.82 Å². The second-order valence-corrected chi connectivity index (χ2v) is 7.07. The van der Waals surface area contributed by atoms with Crippen LogP contribution in [-0.4, -0.2) is 48.3 Å². The molecule has 132 valence electrons. The maximum atomic E-state index is 13.6. The van der Waals surface area contributed by atoms with Crippen molar-refractivity contribution >= 4 is 5.69 Å². The van der Waals surface area contributed by atoms with E-state index in [0.717, 1.165) is 63.6 Å². The fourth-order valence-corrected chi connectivity index (χ4v) is 4.02. The standard InChI is InChI=1S/C20H24FN3O/c21-17-5-3-7-19(13-17)24-10-4-8-20(16-24)15-23(11-12-25-20)14-18-6-1-2-9-22-18/h1-3,5-7,9,13H,4,8,10-12,14-16H2/t20-/m0/s1. The van der Waals surface area contributed by atoms with Crippen molar-refractivity contribution in [3.8, 4) is 0 Å². The Labute approximate surface area is 148 Å². The zero-order valence-electron chi connectivity index (χ0n) is 14.4. The number of ether oxygens (including phenoxy) is 1. The number of anilines is 1. The summed E-state index contributed by atoms with van der Waals surface area (Å²) in [6.07, 6.45) is 3.96. The van der Waals surface area contributed by atoms with E-state index in [-0.39, 0.29) is 11.4 Å². The molecule has 1 aromatic carbocycles. The molecule has 4 nitrogen and oxygen atoms in total. The van der Waals surface area contributed by atoms with Crippen molar-refractivity contribution in [3.05, 3.63) is 60.2 Å². The Balaban J connectivity index is 1.46. The highest BCUT2D eigenvalue weighted by Crippen LogP contribution is 2.32. The fourth-order valence-electron chi connectivity index (χ4n) is 4.02. The highest BCUT2D eigenvalue weighted by Gasteiger charge is 2.40. The smallest absolute Gasteiger partial charge is 0.125 e. The number of morpholine rings is 1. The summed E-state index contributed by atoms with van der Waals surface area (Å²) in [5.74, 6) is -0.182. The van der Waals surface area contributed by atoms with E-state index in [2.05, 4.69) is 20.9 Å². The Bertz CT molecular complexity index is 707. The first kappa shape index (κ1) is 16.5. The lowest BCUT2D eigenvalue weighted by Gasteiger charge is -2.48. The average Bonchev–Trinajstić information content (AvgIpc) is 2.63. The van der Waals surface area contributed by atoms with E-state index in [1.165, 1.54) is 6.07 Å². The summed E-state index contributed by atoms with van der Waals surface area (Å²) in [6.45, 7) is 5.19. The van der Waals surface area contributed by atoms with E-state index < -0.39 is 0 Å². The number of hydrogen-bond donors (Lipinski definition) is 0. The molecule has 0 bridgehead atoms. The van der Waals surface area contributed by atoms with Crippen molar-refractivity contribution in [2.75, 3.05) is 37.7 Å². The molecule has 2 fully saturated rings. The van der Waals surface area contributed by atoms with Crippen LogP contribution in [0.4, 0.5) is 10.1 Å². The number of piperidine rings is 1. The molecule has 0 saturated carbocycles. The number of nitrogens with zero attached hydrogens (tertiary/aromatic N) is 3. The lowest BCUT2D eigenvalue weighted by atomic mass is 9.90. The molecule has 0 N–H and O–H groups in total. The maximum Gasteiger partial charge on any atom is 0.125 e. The predicted molar refractivity (Wildman–Crippen MR) is 96.0 cm³/mol. The molecule has 3 heterocycles. The SMILES string of the molecule is Fc1cccc(N2CCC[C@]3(CN(Cc4ccccn4)CCO3)C2)c1. The first-order valence-electron chi connectivity index (χ1n) is 8.99. The molecule has 0 unspecified atom stereocenters. The Hall–Kier alpha value is -1.98. The molecule has 2 aliphatic heterocycles. The van der Waals surface area contributed by atoms with Gasteiger partial charge in [0, 0.05) is 44.6 Å². The molecule has 1 aromatic heterocycles. The van der Waals surface area contributed by atoms with Crippen LogP contribution in [0.1, 0.15) is 18.5 Å². The first-order valence-corrected chi connectivity index (χ1v) is 8.99. The summed E-state index contributed by atoms with van der Waals surface area (Å²) in [4.78, 5) is 9.14. The Morgan fingerprint density at radius 1 is 1.12 bits per heavy atom. The van der Waals surface area contributed by atoms with E-state index in [1.807, 2.05) is 24.4 Å². The van der Waals surface area contributed by atoms with Gasteiger partial charge < -0.3 is 9.64 Å². The summed E-state index contributed by atoms with van der Waals surface area (Å²) < 4.78 is 19.8. The third-order valence-electron chi connectivity index (χ3n) is 5.15. The van der Waals surface area contributed by atoms with E-state index in [9.17, 15) is 4.39 Å². The van der Waals surface area contributed by atoms with Gasteiger partial charge in [-0.05, 0) is 43.2 Å². The molecule has 25 heavy (non-hydrogen) atoms. The second kappa shape index (κ2) is 7.10. The molecule has 0 aliphatic carbocycles. The van der Waals surface area contributed by atoms with E-state index >= 15 is 0 Å². The monoisotopic (exact) mass is 341 g/mol. The van der Waals surface area contributed by atoms with Crippen molar-refractivity contribution in [2.24, 2.45) is 0 Å². The number of pyridine rings is 1. The predicted octanol–water partition coefficient (Wildman–Crippen LogP) is 3.09. The van der Waals surface area contributed by atoms with Gasteiger partial charge in [-0.3, -0.25) is 9.88 Å². The maximum absolute atomic E-state index is 13.6. The third kappa shape index (κ3) is 3.83. The van der Waals surface area contributed by atoms with Gasteiger partial charge in [0.05, 0.1) is 17.9 Å². The fraction of sp³-hybridized carbons (Fsp3) is 0.450. The number of halogens is 1. The molecule has 2 aliphatic rings. The molecular formula is C20H24FN3O. The number of hydrogen-bond acceptors (Lipinski definition) is 4. The van der Waals surface area contributed by atoms with Gasteiger partial charge in [0.25, 0.3) is 0 Å². The van der Waals surface area contributed by atoms with Crippen LogP contribution in [0.2, 0.25) is 0 Å². The van der Waals surface area contributed by atoms with Gasteiger partial charge in [-0.15, -0.1) is 0 Å². The minimum absolute atomic E-state index is 0.169. The van der Waals surface area contributed by atoms with Crippen molar-refractivity contribution in [1.29, 1.82) is 0 Å². The van der Waals surface area contributed by atoms with Crippen LogP contribution >= 0.6 is 0 Å². The van der Waals surface area contributed by atoms with Gasteiger partial charge in [0.15, 0.2) is 0 Å². The molecular weight excluding hydrogens is 317 g/mol. The summed E-state index contributed by atoms with van der Waals surface area (Å²) >= 11 is 0. The van der Waals surface area contributed by atoms with Gasteiger partial charge in [0.1, 0.15) is 5.82 Å². The molecule has 5 heteroatoms. The lowest BCUT2D eigenvalue weighted by molar-refractivity contribution is -0.116. The Morgan fingerprint density at radius 3 is 2.92 bits per heavy atom. The van der Waals surface area contributed by atoms with Gasteiger partial charge in [-0.1, -0.05) is 12.1 Å². The largest absolute Gasteiger partial charge is 0.370 e. The lowest BCUT2D eigenvalue weighted by Crippen LogP contribution is -2.59. The van der Waals surface area contributed by atoms with Crippen molar-refractivity contribution in [1.82, 2.24) is 9.88 Å². The zero-order valence-corrected chi connectivity index (χ0v) is 14.4. The van der Waals surface area contributed by atoms with Gasteiger partial charge in [-0.2, -0.15) is 0 Å². The van der Waals surface area contributed by atoms with Gasteiger partial charge >= 0.3 is 0 Å². The molecule has 1 atom stereocenters. The topological polar surface area (TPSA) is 28.6 Å². The normalized spacial score (nSPS) is 24.6. The molecule has 2 aromatic rings. The quantitative estimate of drug-likeness (QED) is 0.858. The highest BCUT2D eigenvalue weighted by molar-refractivity contribution is 5.47. The Morgan fingerprint density at radius 2 is 2.08 bits per heavy atom.